The number of carbonyl (C=O) groups is 2. The number of benzene rings is 1. The molecule has 1 heterocycles. The van der Waals surface area contributed by atoms with Crippen LogP contribution in [0, 0.1) is 35.0 Å². The van der Waals surface area contributed by atoms with Crippen molar-refractivity contribution in [2.24, 2.45) is 35.0 Å². The van der Waals surface area contributed by atoms with E-state index < -0.39 is 11.5 Å². The molecule has 0 radical (unpaired) electrons. The fourth-order valence-electron chi connectivity index (χ4n) is 6.66. The lowest BCUT2D eigenvalue weighted by atomic mass is 9.54. The third kappa shape index (κ3) is 4.52. The molecule has 8 atom stereocenters. The van der Waals surface area contributed by atoms with Crippen LogP contribution in [0.2, 0.25) is 0 Å². The van der Waals surface area contributed by atoms with Crippen molar-refractivity contribution in [1.29, 1.82) is 0 Å². The molecule has 1 amide bonds. The minimum Gasteiger partial charge on any atom is -0.457 e. The van der Waals surface area contributed by atoms with Crippen LogP contribution in [0.1, 0.15) is 53.0 Å². The zero-order valence-electron chi connectivity index (χ0n) is 21.2. The number of hydrogen-bond donors (Lipinski definition) is 1. The quantitative estimate of drug-likeness (QED) is 0.467. The van der Waals surface area contributed by atoms with Gasteiger partial charge in [-0.05, 0) is 55.6 Å². The van der Waals surface area contributed by atoms with Gasteiger partial charge in [0.15, 0.2) is 0 Å². The molecule has 1 unspecified atom stereocenters. The summed E-state index contributed by atoms with van der Waals surface area (Å²) < 4.78 is 6.02. The van der Waals surface area contributed by atoms with Gasteiger partial charge >= 0.3 is 5.97 Å². The molecule has 0 saturated carbocycles. The van der Waals surface area contributed by atoms with Gasteiger partial charge in [0.1, 0.15) is 11.5 Å². The molecule has 4 heteroatoms. The van der Waals surface area contributed by atoms with Gasteiger partial charge in [-0.1, -0.05) is 81.0 Å². The van der Waals surface area contributed by atoms with Crippen molar-refractivity contribution in [3.8, 4) is 0 Å². The van der Waals surface area contributed by atoms with Crippen LogP contribution in [0.5, 0.6) is 0 Å². The molecule has 4 nitrogen and oxygen atoms in total. The van der Waals surface area contributed by atoms with Crippen molar-refractivity contribution >= 4 is 11.9 Å². The Hall–Kier alpha value is -2.62. The van der Waals surface area contributed by atoms with Crippen LogP contribution in [0.4, 0.5) is 0 Å². The highest BCUT2D eigenvalue weighted by molar-refractivity contribution is 5.89. The standard InChI is InChI=1S/C30H39NO3/c1-19-10-9-13-25-17-21(3)22(4)28-26(18-24-11-7-6-8-12-24)31-29(33)30(25,28)27(34-23(5)32)15-14-20(2)16-19/h6-9,11-15,17,19-20,22,25-28H,10,16,18H2,1-5H3,(H,31,33)/b13-9+,15-14+/t19-,20+,22+,25-,26-,27?,28-,30+/m0/s1. The van der Waals surface area contributed by atoms with Gasteiger partial charge in [0.05, 0.1) is 0 Å². The summed E-state index contributed by atoms with van der Waals surface area (Å²) >= 11 is 0. The second kappa shape index (κ2) is 9.93. The van der Waals surface area contributed by atoms with E-state index in [1.54, 1.807) is 0 Å². The Morgan fingerprint density at radius 2 is 1.85 bits per heavy atom. The van der Waals surface area contributed by atoms with Gasteiger partial charge in [-0.3, -0.25) is 9.59 Å². The molecule has 0 aromatic heterocycles. The van der Waals surface area contributed by atoms with E-state index in [1.807, 2.05) is 24.3 Å². The Morgan fingerprint density at radius 1 is 1.12 bits per heavy atom. The van der Waals surface area contributed by atoms with Crippen LogP contribution >= 0.6 is 0 Å². The van der Waals surface area contributed by atoms with Crippen LogP contribution < -0.4 is 5.32 Å². The molecule has 1 aromatic rings. The monoisotopic (exact) mass is 461 g/mol. The Morgan fingerprint density at radius 3 is 2.56 bits per heavy atom. The fourth-order valence-corrected chi connectivity index (χ4v) is 6.66. The summed E-state index contributed by atoms with van der Waals surface area (Å²) in [5.41, 5.74) is 1.63. The first-order valence-corrected chi connectivity index (χ1v) is 12.8. The third-order valence-electron chi connectivity index (χ3n) is 8.28. The van der Waals surface area contributed by atoms with E-state index in [1.165, 1.54) is 18.1 Å². The van der Waals surface area contributed by atoms with Crippen molar-refractivity contribution in [1.82, 2.24) is 5.32 Å². The molecule has 3 aliphatic rings. The summed E-state index contributed by atoms with van der Waals surface area (Å²) in [6.07, 6.45) is 13.1. The summed E-state index contributed by atoms with van der Waals surface area (Å²) in [6.45, 7) is 10.3. The number of rotatable bonds is 3. The number of hydrogen-bond acceptors (Lipinski definition) is 3. The van der Waals surface area contributed by atoms with Gasteiger partial charge in [-0.2, -0.15) is 0 Å². The second-order valence-corrected chi connectivity index (χ2v) is 10.9. The maximum atomic E-state index is 14.1. The first-order chi connectivity index (χ1) is 16.2. The maximum absolute atomic E-state index is 14.1. The molecule has 1 saturated heterocycles. The zero-order chi connectivity index (χ0) is 24.5. The van der Waals surface area contributed by atoms with Gasteiger partial charge in [-0.15, -0.1) is 0 Å². The SMILES string of the molecule is CC(=O)OC1/C=C/[C@@H](C)C[C@@H](C)C/C=C/[C@H]2C=C(C)[C@@H](C)[C@H]3[C@H](Cc4ccccc4)NC(=O)[C@]132. The van der Waals surface area contributed by atoms with Crippen molar-refractivity contribution in [2.45, 2.75) is 66.0 Å². The van der Waals surface area contributed by atoms with Crippen LogP contribution in [0.25, 0.3) is 0 Å². The third-order valence-corrected chi connectivity index (χ3v) is 8.28. The highest BCUT2D eigenvalue weighted by Gasteiger charge is 2.65. The summed E-state index contributed by atoms with van der Waals surface area (Å²) in [7, 11) is 0. The smallest absolute Gasteiger partial charge is 0.303 e. The lowest BCUT2D eigenvalue weighted by Crippen LogP contribution is -2.55. The second-order valence-electron chi connectivity index (χ2n) is 10.9. The van der Waals surface area contributed by atoms with E-state index in [4.69, 9.17) is 4.74 Å². The molecule has 1 fully saturated rings. The number of nitrogens with one attached hydrogen (secondary N) is 1. The fraction of sp³-hybridized carbons (Fsp3) is 0.533. The summed E-state index contributed by atoms with van der Waals surface area (Å²) in [5, 5.41) is 3.38. The van der Waals surface area contributed by atoms with Crippen molar-refractivity contribution in [3.63, 3.8) is 0 Å². The molecule has 34 heavy (non-hydrogen) atoms. The molecular weight excluding hydrogens is 422 g/mol. The average molecular weight is 462 g/mol. The molecule has 4 rings (SSSR count). The van der Waals surface area contributed by atoms with Gasteiger partial charge in [0, 0.05) is 24.8 Å². The lowest BCUT2D eigenvalue weighted by Gasteiger charge is -2.48. The van der Waals surface area contributed by atoms with E-state index in [0.29, 0.717) is 11.8 Å². The van der Waals surface area contributed by atoms with E-state index in [9.17, 15) is 9.59 Å². The first-order valence-electron chi connectivity index (χ1n) is 12.8. The van der Waals surface area contributed by atoms with E-state index >= 15 is 0 Å². The highest BCUT2D eigenvalue weighted by Crippen LogP contribution is 2.56. The molecule has 1 spiro atoms. The Balaban J connectivity index is 1.88. The number of carbonyl (C=O) groups excluding carboxylic acids is 2. The van der Waals surface area contributed by atoms with Gasteiger partial charge < -0.3 is 10.1 Å². The molecular formula is C30H39NO3. The van der Waals surface area contributed by atoms with E-state index in [-0.39, 0.29) is 35.7 Å². The van der Waals surface area contributed by atoms with Gasteiger partial charge in [0.25, 0.3) is 0 Å². The lowest BCUT2D eigenvalue weighted by molar-refractivity contribution is -0.159. The molecule has 2 aliphatic carbocycles. The van der Waals surface area contributed by atoms with Crippen molar-refractivity contribution in [2.75, 3.05) is 0 Å². The summed E-state index contributed by atoms with van der Waals surface area (Å²) in [5.74, 6) is 0.593. The number of esters is 1. The highest BCUT2D eigenvalue weighted by atomic mass is 16.5. The van der Waals surface area contributed by atoms with Crippen LogP contribution in [0.15, 0.2) is 66.3 Å². The number of ether oxygens (including phenoxy) is 1. The van der Waals surface area contributed by atoms with Crippen molar-refractivity contribution in [3.05, 3.63) is 71.8 Å². The van der Waals surface area contributed by atoms with Gasteiger partial charge in [0.2, 0.25) is 5.91 Å². The van der Waals surface area contributed by atoms with E-state index in [2.05, 4.69) is 69.4 Å². The molecule has 182 valence electrons. The first kappa shape index (κ1) is 24.5. The molecule has 0 bridgehead atoms. The van der Waals surface area contributed by atoms with E-state index in [0.717, 1.165) is 19.3 Å². The number of amides is 1. The topological polar surface area (TPSA) is 55.4 Å². The predicted octanol–water partition coefficient (Wildman–Crippen LogP) is 5.65. The largest absolute Gasteiger partial charge is 0.457 e. The molecule has 1 N–H and O–H groups in total. The van der Waals surface area contributed by atoms with Crippen LogP contribution in [-0.2, 0) is 20.7 Å². The average Bonchev–Trinajstić information content (AvgIpc) is 3.06. The zero-order valence-corrected chi connectivity index (χ0v) is 21.2. The van der Waals surface area contributed by atoms with Crippen LogP contribution in [0.3, 0.4) is 0 Å². The van der Waals surface area contributed by atoms with Crippen molar-refractivity contribution < 1.29 is 14.3 Å². The number of allylic oxidation sites excluding steroid dienone is 5. The molecule has 1 aliphatic heterocycles. The minimum absolute atomic E-state index is 0.000436. The predicted molar refractivity (Wildman–Crippen MR) is 136 cm³/mol. The molecule has 1 aromatic carbocycles. The normalized spacial score (nSPS) is 39.5. The van der Waals surface area contributed by atoms with Crippen LogP contribution in [-0.4, -0.2) is 24.0 Å². The van der Waals surface area contributed by atoms with Gasteiger partial charge in [-0.25, -0.2) is 0 Å². The Labute approximate surface area is 204 Å². The maximum Gasteiger partial charge on any atom is 0.303 e. The Bertz CT molecular complexity index is 994. The minimum atomic E-state index is -0.871. The Kier molecular flexibility index (Phi) is 7.16. The summed E-state index contributed by atoms with van der Waals surface area (Å²) in [4.78, 5) is 26.4. The summed E-state index contributed by atoms with van der Waals surface area (Å²) in [6, 6.07) is 10.3.